The molecule has 0 aliphatic carbocycles. The predicted octanol–water partition coefficient (Wildman–Crippen LogP) is 3.77. The lowest BCUT2D eigenvalue weighted by Gasteiger charge is -2.35. The van der Waals surface area contributed by atoms with Gasteiger partial charge in [0.1, 0.15) is 5.75 Å². The van der Waals surface area contributed by atoms with Gasteiger partial charge in [-0.2, -0.15) is 0 Å². The second-order valence-electron chi connectivity index (χ2n) is 7.54. The van der Waals surface area contributed by atoms with E-state index in [9.17, 15) is 13.2 Å². The second kappa shape index (κ2) is 8.63. The number of benzene rings is 2. The standard InChI is InChI=1S/C21H25ClN2O4S/c1-14(2)10-11-23-21(25)20-13-24(18-12-16(22)6-9-19(18)28-20)29(26,27)17-7-4-15(3)5-8-17/h4-9,12,14,20H,10-11,13H2,1-3H3,(H,23,25)/t20-/m0/s1. The molecule has 6 nitrogen and oxygen atoms in total. The van der Waals surface area contributed by atoms with E-state index in [0.717, 1.165) is 12.0 Å². The summed E-state index contributed by atoms with van der Waals surface area (Å²) in [5.74, 6) is 0.416. The molecule has 29 heavy (non-hydrogen) atoms. The van der Waals surface area contributed by atoms with Crippen LogP contribution in [0.25, 0.3) is 0 Å². The minimum Gasteiger partial charge on any atom is -0.476 e. The summed E-state index contributed by atoms with van der Waals surface area (Å²) in [6.07, 6.45) is -0.119. The molecule has 1 heterocycles. The number of hydrogen-bond acceptors (Lipinski definition) is 4. The highest BCUT2D eigenvalue weighted by atomic mass is 35.5. The van der Waals surface area contributed by atoms with Gasteiger partial charge in [-0.25, -0.2) is 8.42 Å². The molecule has 3 rings (SSSR count). The van der Waals surface area contributed by atoms with Gasteiger partial charge in [0.15, 0.2) is 6.10 Å². The molecular formula is C21H25ClN2O4S. The van der Waals surface area contributed by atoms with E-state index in [2.05, 4.69) is 19.2 Å². The van der Waals surface area contributed by atoms with Crippen molar-refractivity contribution in [3.05, 3.63) is 53.1 Å². The molecule has 0 saturated heterocycles. The number of rotatable bonds is 6. The van der Waals surface area contributed by atoms with Crippen LogP contribution in [0, 0.1) is 12.8 Å². The van der Waals surface area contributed by atoms with Gasteiger partial charge < -0.3 is 10.1 Å². The molecule has 156 valence electrons. The first-order valence-corrected chi connectivity index (χ1v) is 11.3. The van der Waals surface area contributed by atoms with Gasteiger partial charge in [-0.3, -0.25) is 9.10 Å². The first-order chi connectivity index (χ1) is 13.7. The lowest BCUT2D eigenvalue weighted by Crippen LogP contribution is -2.50. The van der Waals surface area contributed by atoms with Gasteiger partial charge in [0.25, 0.3) is 15.9 Å². The van der Waals surface area contributed by atoms with Crippen molar-refractivity contribution in [2.45, 2.75) is 38.2 Å². The van der Waals surface area contributed by atoms with E-state index in [4.69, 9.17) is 16.3 Å². The topological polar surface area (TPSA) is 75.7 Å². The third-order valence-corrected chi connectivity index (χ3v) is 6.74. The van der Waals surface area contributed by atoms with Crippen molar-refractivity contribution in [3.63, 3.8) is 0 Å². The lowest BCUT2D eigenvalue weighted by molar-refractivity contribution is -0.127. The van der Waals surface area contributed by atoms with E-state index in [1.165, 1.54) is 10.4 Å². The third-order valence-electron chi connectivity index (χ3n) is 4.71. The number of aryl methyl sites for hydroxylation is 1. The maximum atomic E-state index is 13.3. The van der Waals surface area contributed by atoms with Crippen LogP contribution in [-0.2, 0) is 14.8 Å². The highest BCUT2D eigenvalue weighted by Crippen LogP contribution is 2.38. The zero-order valence-electron chi connectivity index (χ0n) is 16.7. The molecule has 0 fully saturated rings. The first-order valence-electron chi connectivity index (χ1n) is 9.52. The zero-order chi connectivity index (χ0) is 21.2. The Morgan fingerprint density at radius 1 is 1.24 bits per heavy atom. The summed E-state index contributed by atoms with van der Waals surface area (Å²) in [7, 11) is -3.89. The number of fused-ring (bicyclic) bond motifs is 1. The predicted molar refractivity (Wildman–Crippen MR) is 114 cm³/mol. The molecule has 0 bridgehead atoms. The van der Waals surface area contributed by atoms with Crippen molar-refractivity contribution in [2.24, 2.45) is 5.92 Å². The summed E-state index contributed by atoms with van der Waals surface area (Å²) in [5, 5.41) is 3.22. The summed E-state index contributed by atoms with van der Waals surface area (Å²) in [5.41, 5.74) is 1.28. The van der Waals surface area contributed by atoms with Crippen LogP contribution in [0.3, 0.4) is 0 Å². The van der Waals surface area contributed by atoms with E-state index < -0.39 is 16.1 Å². The Morgan fingerprint density at radius 2 is 1.93 bits per heavy atom. The molecule has 2 aromatic carbocycles. The van der Waals surface area contributed by atoms with Crippen molar-refractivity contribution in [3.8, 4) is 5.75 Å². The van der Waals surface area contributed by atoms with E-state index >= 15 is 0 Å². The van der Waals surface area contributed by atoms with E-state index in [-0.39, 0.29) is 17.3 Å². The average Bonchev–Trinajstić information content (AvgIpc) is 2.67. The van der Waals surface area contributed by atoms with E-state index in [0.29, 0.717) is 28.9 Å². The van der Waals surface area contributed by atoms with Crippen molar-refractivity contribution in [1.82, 2.24) is 5.32 Å². The maximum Gasteiger partial charge on any atom is 0.264 e. The molecule has 0 spiro atoms. The van der Waals surface area contributed by atoms with Gasteiger partial charge in [0.05, 0.1) is 17.1 Å². The smallest absolute Gasteiger partial charge is 0.264 e. The van der Waals surface area contributed by atoms with Gasteiger partial charge in [0, 0.05) is 11.6 Å². The van der Waals surface area contributed by atoms with Crippen LogP contribution in [0.2, 0.25) is 5.02 Å². The number of carbonyl (C=O) groups excluding carboxylic acids is 1. The van der Waals surface area contributed by atoms with Crippen LogP contribution >= 0.6 is 11.6 Å². The fourth-order valence-corrected chi connectivity index (χ4v) is 4.66. The Balaban J connectivity index is 1.93. The second-order valence-corrected chi connectivity index (χ2v) is 9.84. The van der Waals surface area contributed by atoms with Crippen LogP contribution in [0.15, 0.2) is 47.4 Å². The fourth-order valence-electron chi connectivity index (χ4n) is 3.02. The number of carbonyl (C=O) groups is 1. The van der Waals surface area contributed by atoms with Crippen LogP contribution in [0.4, 0.5) is 5.69 Å². The number of nitrogens with zero attached hydrogens (tertiary/aromatic N) is 1. The van der Waals surface area contributed by atoms with Crippen LogP contribution in [-0.4, -0.2) is 33.5 Å². The summed E-state index contributed by atoms with van der Waals surface area (Å²) in [6, 6.07) is 11.3. The number of hydrogen-bond donors (Lipinski definition) is 1. The third kappa shape index (κ3) is 4.85. The minimum atomic E-state index is -3.89. The Kier molecular flexibility index (Phi) is 6.39. The molecule has 1 amide bonds. The zero-order valence-corrected chi connectivity index (χ0v) is 18.3. The number of sulfonamides is 1. The largest absolute Gasteiger partial charge is 0.476 e. The van der Waals surface area contributed by atoms with Gasteiger partial charge in [0.2, 0.25) is 0 Å². The van der Waals surface area contributed by atoms with Gasteiger partial charge in [-0.05, 0) is 49.6 Å². The number of amides is 1. The fraction of sp³-hybridized carbons (Fsp3) is 0.381. The van der Waals surface area contributed by atoms with Crippen LogP contribution in [0.5, 0.6) is 5.75 Å². The molecule has 1 atom stereocenters. The Morgan fingerprint density at radius 3 is 2.59 bits per heavy atom. The molecule has 0 saturated carbocycles. The van der Waals surface area contributed by atoms with Gasteiger partial charge in [-0.1, -0.05) is 43.1 Å². The van der Waals surface area contributed by atoms with Gasteiger partial charge in [-0.15, -0.1) is 0 Å². The molecule has 1 N–H and O–H groups in total. The lowest BCUT2D eigenvalue weighted by atomic mass is 10.1. The number of anilines is 1. The molecular weight excluding hydrogens is 412 g/mol. The van der Waals surface area contributed by atoms with E-state index in [1.807, 2.05) is 6.92 Å². The highest BCUT2D eigenvalue weighted by molar-refractivity contribution is 7.92. The summed E-state index contributed by atoms with van der Waals surface area (Å²) in [4.78, 5) is 12.8. The monoisotopic (exact) mass is 436 g/mol. The minimum absolute atomic E-state index is 0.128. The number of nitrogens with one attached hydrogen (secondary N) is 1. The number of halogens is 1. The molecule has 0 unspecified atom stereocenters. The SMILES string of the molecule is Cc1ccc(S(=O)(=O)N2C[C@@H](C(=O)NCCC(C)C)Oc3ccc(Cl)cc32)cc1. The summed E-state index contributed by atoms with van der Waals surface area (Å²) >= 11 is 6.10. The van der Waals surface area contributed by atoms with Gasteiger partial charge >= 0.3 is 0 Å². The first kappa shape index (κ1) is 21.5. The average molecular weight is 437 g/mol. The Bertz CT molecular complexity index is 990. The van der Waals surface area contributed by atoms with Crippen LogP contribution in [0.1, 0.15) is 25.8 Å². The molecule has 0 radical (unpaired) electrons. The van der Waals surface area contributed by atoms with E-state index in [1.54, 1.807) is 36.4 Å². The number of ether oxygens (including phenoxy) is 1. The Hall–Kier alpha value is -2.25. The summed E-state index contributed by atoms with van der Waals surface area (Å²) < 4.78 is 33.7. The highest BCUT2D eigenvalue weighted by Gasteiger charge is 2.37. The van der Waals surface area contributed by atoms with Crippen molar-refractivity contribution in [1.29, 1.82) is 0 Å². The molecule has 8 heteroatoms. The molecule has 0 aromatic heterocycles. The van der Waals surface area contributed by atoms with Crippen LogP contribution < -0.4 is 14.4 Å². The Labute approximate surface area is 176 Å². The normalized spacial score (nSPS) is 16.3. The van der Waals surface area contributed by atoms with Crippen molar-refractivity contribution < 1.29 is 17.9 Å². The molecule has 1 aliphatic rings. The summed E-state index contributed by atoms with van der Waals surface area (Å²) in [6.45, 7) is 6.40. The van der Waals surface area contributed by atoms with Crippen molar-refractivity contribution in [2.75, 3.05) is 17.4 Å². The quantitative estimate of drug-likeness (QED) is 0.747. The molecule has 1 aliphatic heterocycles. The molecule has 2 aromatic rings. The maximum absolute atomic E-state index is 13.3. The van der Waals surface area contributed by atoms with Crippen molar-refractivity contribution >= 4 is 33.2 Å².